The molecule has 1 aliphatic heterocycles. The second-order valence-electron chi connectivity index (χ2n) is 6.17. The van der Waals surface area contributed by atoms with Crippen LogP contribution in [-0.4, -0.2) is 33.8 Å². The molecule has 0 radical (unpaired) electrons. The van der Waals surface area contributed by atoms with Crippen LogP contribution < -0.4 is 16.2 Å². The molecule has 21 heavy (non-hydrogen) atoms. The number of rotatable bonds is 4. The molecule has 1 fully saturated rings. The van der Waals surface area contributed by atoms with Gasteiger partial charge in [0.2, 0.25) is 0 Å². The molecule has 0 aromatic carbocycles. The van der Waals surface area contributed by atoms with Gasteiger partial charge in [-0.25, -0.2) is 15.8 Å². The van der Waals surface area contributed by atoms with Crippen LogP contribution in [0.2, 0.25) is 0 Å². The molecule has 118 valence electrons. The Balaban J connectivity index is 2.31. The molecule has 4 N–H and O–H groups in total. The standard InChI is InChI=1S/C15H27N5O/c1-4-6-12-17-13(19-16)11(2)14(18-12)20-9-5-7-15(3,21)8-10-20/h21H,4-10,16H2,1-3H3,(H,17,18,19). The van der Waals surface area contributed by atoms with Crippen LogP contribution in [0.15, 0.2) is 0 Å². The van der Waals surface area contributed by atoms with Gasteiger partial charge in [0.15, 0.2) is 0 Å². The number of nitrogen functional groups attached to an aromatic ring is 1. The number of nitrogens with one attached hydrogen (secondary N) is 1. The van der Waals surface area contributed by atoms with Gasteiger partial charge >= 0.3 is 0 Å². The van der Waals surface area contributed by atoms with E-state index in [9.17, 15) is 5.11 Å². The Morgan fingerprint density at radius 1 is 1.33 bits per heavy atom. The maximum atomic E-state index is 10.2. The van der Waals surface area contributed by atoms with Crippen molar-refractivity contribution in [2.75, 3.05) is 23.4 Å². The maximum Gasteiger partial charge on any atom is 0.148 e. The molecule has 1 atom stereocenters. The van der Waals surface area contributed by atoms with Crippen molar-refractivity contribution >= 4 is 11.6 Å². The van der Waals surface area contributed by atoms with Crippen LogP contribution in [0.1, 0.15) is 50.9 Å². The monoisotopic (exact) mass is 293 g/mol. The second-order valence-corrected chi connectivity index (χ2v) is 6.17. The van der Waals surface area contributed by atoms with E-state index in [1.807, 2.05) is 13.8 Å². The van der Waals surface area contributed by atoms with Crippen LogP contribution >= 0.6 is 0 Å². The van der Waals surface area contributed by atoms with Crippen molar-refractivity contribution in [1.29, 1.82) is 0 Å². The van der Waals surface area contributed by atoms with Gasteiger partial charge in [0.05, 0.1) is 5.60 Å². The molecule has 1 aromatic heterocycles. The Labute approximate surface area is 126 Å². The quantitative estimate of drug-likeness (QED) is 0.579. The van der Waals surface area contributed by atoms with Gasteiger partial charge in [-0.3, -0.25) is 0 Å². The van der Waals surface area contributed by atoms with Crippen LogP contribution in [-0.2, 0) is 6.42 Å². The smallest absolute Gasteiger partial charge is 0.148 e. The summed E-state index contributed by atoms with van der Waals surface area (Å²) in [5, 5.41) is 10.2. The highest BCUT2D eigenvalue weighted by atomic mass is 16.3. The van der Waals surface area contributed by atoms with Crippen molar-refractivity contribution in [3.63, 3.8) is 0 Å². The minimum absolute atomic E-state index is 0.573. The van der Waals surface area contributed by atoms with Crippen molar-refractivity contribution in [2.45, 2.75) is 58.5 Å². The van der Waals surface area contributed by atoms with Gasteiger partial charge in [0.1, 0.15) is 17.5 Å². The van der Waals surface area contributed by atoms with Crippen molar-refractivity contribution < 1.29 is 5.11 Å². The highest BCUT2D eigenvalue weighted by Crippen LogP contribution is 2.28. The van der Waals surface area contributed by atoms with Crippen LogP contribution in [0.25, 0.3) is 0 Å². The maximum absolute atomic E-state index is 10.2. The van der Waals surface area contributed by atoms with Crippen molar-refractivity contribution in [3.8, 4) is 0 Å². The Kier molecular flexibility index (Phi) is 5.00. The molecule has 0 aliphatic carbocycles. The van der Waals surface area contributed by atoms with E-state index in [2.05, 4.69) is 22.2 Å². The van der Waals surface area contributed by atoms with Crippen LogP contribution in [0.4, 0.5) is 11.6 Å². The molecule has 1 unspecified atom stereocenters. The minimum Gasteiger partial charge on any atom is -0.390 e. The third-order valence-corrected chi connectivity index (χ3v) is 4.14. The van der Waals surface area contributed by atoms with Crippen LogP contribution in [0, 0.1) is 6.92 Å². The lowest BCUT2D eigenvalue weighted by Gasteiger charge is -2.25. The van der Waals surface area contributed by atoms with Crippen LogP contribution in [0.3, 0.4) is 0 Å². The summed E-state index contributed by atoms with van der Waals surface area (Å²) in [4.78, 5) is 11.4. The number of nitrogens with two attached hydrogens (primary N) is 1. The largest absolute Gasteiger partial charge is 0.390 e. The topological polar surface area (TPSA) is 87.3 Å². The molecule has 2 heterocycles. The molecule has 2 rings (SSSR count). The third-order valence-electron chi connectivity index (χ3n) is 4.14. The normalized spacial score (nSPS) is 23.0. The summed E-state index contributed by atoms with van der Waals surface area (Å²) >= 11 is 0. The zero-order valence-corrected chi connectivity index (χ0v) is 13.3. The predicted octanol–water partition coefficient (Wildman–Crippen LogP) is 1.76. The summed E-state index contributed by atoms with van der Waals surface area (Å²) in [7, 11) is 0. The molecule has 6 heteroatoms. The Hall–Kier alpha value is -1.40. The number of aryl methyl sites for hydroxylation is 1. The van der Waals surface area contributed by atoms with E-state index < -0.39 is 5.60 Å². The number of nitrogens with zero attached hydrogens (tertiary/aromatic N) is 3. The van der Waals surface area contributed by atoms with Gasteiger partial charge in [-0.15, -0.1) is 0 Å². The van der Waals surface area contributed by atoms with E-state index in [0.717, 1.165) is 62.4 Å². The number of aliphatic hydroxyl groups is 1. The van der Waals surface area contributed by atoms with Crippen LogP contribution in [0.5, 0.6) is 0 Å². The zero-order chi connectivity index (χ0) is 15.5. The lowest BCUT2D eigenvalue weighted by Crippen LogP contribution is -2.30. The Morgan fingerprint density at radius 3 is 2.76 bits per heavy atom. The van der Waals surface area contributed by atoms with Crippen molar-refractivity contribution in [1.82, 2.24) is 9.97 Å². The number of anilines is 2. The summed E-state index contributed by atoms with van der Waals surface area (Å²) < 4.78 is 0. The summed E-state index contributed by atoms with van der Waals surface area (Å²) in [6, 6.07) is 0. The van der Waals surface area contributed by atoms with Crippen molar-refractivity contribution in [3.05, 3.63) is 11.4 Å². The third kappa shape index (κ3) is 3.83. The van der Waals surface area contributed by atoms with Gasteiger partial charge in [-0.05, 0) is 39.5 Å². The highest BCUT2D eigenvalue weighted by Gasteiger charge is 2.26. The fraction of sp³-hybridized carbons (Fsp3) is 0.733. The van der Waals surface area contributed by atoms with Crippen molar-refractivity contribution in [2.24, 2.45) is 5.84 Å². The van der Waals surface area contributed by atoms with E-state index >= 15 is 0 Å². The molecular formula is C15H27N5O. The lowest BCUT2D eigenvalue weighted by atomic mass is 9.98. The van der Waals surface area contributed by atoms with Gasteiger partial charge in [0, 0.05) is 25.1 Å². The predicted molar refractivity (Wildman–Crippen MR) is 85.3 cm³/mol. The first kappa shape index (κ1) is 16.0. The fourth-order valence-electron chi connectivity index (χ4n) is 2.81. The number of hydrogen-bond acceptors (Lipinski definition) is 6. The summed E-state index contributed by atoms with van der Waals surface area (Å²) in [5.41, 5.74) is 3.08. The highest BCUT2D eigenvalue weighted by molar-refractivity contribution is 5.58. The molecule has 6 nitrogen and oxygen atoms in total. The molecule has 0 saturated carbocycles. The molecule has 1 aliphatic rings. The van der Waals surface area contributed by atoms with E-state index in [1.54, 1.807) is 0 Å². The molecule has 0 bridgehead atoms. The minimum atomic E-state index is -0.573. The molecule has 0 spiro atoms. The van der Waals surface area contributed by atoms with Gasteiger partial charge < -0.3 is 15.4 Å². The summed E-state index contributed by atoms with van der Waals surface area (Å²) in [5.74, 6) is 8.05. The molecular weight excluding hydrogens is 266 g/mol. The van der Waals surface area contributed by atoms with Gasteiger partial charge in [-0.1, -0.05) is 6.92 Å². The average Bonchev–Trinajstić information content (AvgIpc) is 2.62. The first-order valence-corrected chi connectivity index (χ1v) is 7.78. The first-order valence-electron chi connectivity index (χ1n) is 7.78. The molecule has 1 aromatic rings. The van der Waals surface area contributed by atoms with E-state index in [0.29, 0.717) is 5.82 Å². The van der Waals surface area contributed by atoms with Gasteiger partial charge in [0.25, 0.3) is 0 Å². The SMILES string of the molecule is CCCc1nc(NN)c(C)c(N2CCCC(C)(O)CC2)n1. The summed E-state index contributed by atoms with van der Waals surface area (Å²) in [6.07, 6.45) is 4.39. The number of aromatic nitrogens is 2. The Morgan fingerprint density at radius 2 is 2.10 bits per heavy atom. The number of hydrogen-bond donors (Lipinski definition) is 3. The van der Waals surface area contributed by atoms with E-state index in [1.165, 1.54) is 0 Å². The molecule has 0 amide bonds. The number of hydrazine groups is 1. The first-order chi connectivity index (χ1) is 9.96. The molecule has 1 saturated heterocycles. The fourth-order valence-corrected chi connectivity index (χ4v) is 2.81. The van der Waals surface area contributed by atoms with Gasteiger partial charge in [-0.2, -0.15) is 0 Å². The average molecular weight is 293 g/mol. The second kappa shape index (κ2) is 6.58. The Bertz CT molecular complexity index is 489. The zero-order valence-electron chi connectivity index (χ0n) is 13.3. The lowest BCUT2D eigenvalue weighted by molar-refractivity contribution is 0.0481. The summed E-state index contributed by atoms with van der Waals surface area (Å²) in [6.45, 7) is 7.73. The van der Waals surface area contributed by atoms with E-state index in [4.69, 9.17) is 10.8 Å². The van der Waals surface area contributed by atoms with E-state index in [-0.39, 0.29) is 0 Å².